The van der Waals surface area contributed by atoms with E-state index in [1.165, 1.54) is 6.20 Å². The summed E-state index contributed by atoms with van der Waals surface area (Å²) in [6.45, 7) is 2.07. The molecule has 2 N–H and O–H groups in total. The van der Waals surface area contributed by atoms with Crippen LogP contribution in [0.2, 0.25) is 5.02 Å². The lowest BCUT2D eigenvalue weighted by Gasteiger charge is -2.08. The molecule has 102 valence electrons. The number of halogens is 1. The summed E-state index contributed by atoms with van der Waals surface area (Å²) >= 11 is 7.68. The van der Waals surface area contributed by atoms with Gasteiger partial charge in [0.25, 0.3) is 0 Å². The molecule has 0 fully saturated rings. The molecule has 20 heavy (non-hydrogen) atoms. The Morgan fingerprint density at radius 1 is 1.60 bits per heavy atom. The van der Waals surface area contributed by atoms with Crippen LogP contribution >= 0.6 is 23.4 Å². The number of nitriles is 1. The molecule has 2 rings (SSSR count). The second-order valence-corrected chi connectivity index (χ2v) is 5.37. The van der Waals surface area contributed by atoms with E-state index in [0.29, 0.717) is 5.02 Å². The van der Waals surface area contributed by atoms with Crippen LogP contribution < -0.4 is 5.32 Å². The Morgan fingerprint density at radius 2 is 2.45 bits per heavy atom. The number of H-pyrrole nitrogens is 1. The Balaban J connectivity index is 2.25. The molecule has 1 heterocycles. The normalized spacial score (nSPS) is 11.2. The van der Waals surface area contributed by atoms with Crippen molar-refractivity contribution in [3.05, 3.63) is 35.2 Å². The number of aromatic nitrogens is 4. The van der Waals surface area contributed by atoms with Crippen molar-refractivity contribution in [1.29, 1.82) is 5.26 Å². The number of benzene rings is 1. The van der Waals surface area contributed by atoms with Gasteiger partial charge in [0, 0.05) is 16.1 Å². The molecule has 0 spiro atoms. The molecule has 0 aliphatic carbocycles. The highest BCUT2D eigenvalue weighted by Crippen LogP contribution is 2.30. The van der Waals surface area contributed by atoms with Gasteiger partial charge in [0.1, 0.15) is 11.6 Å². The molecule has 0 bridgehead atoms. The molecule has 1 aromatic carbocycles. The van der Waals surface area contributed by atoms with Gasteiger partial charge < -0.3 is 5.32 Å². The van der Waals surface area contributed by atoms with Crippen LogP contribution in [0.25, 0.3) is 5.57 Å². The van der Waals surface area contributed by atoms with Gasteiger partial charge in [0.2, 0.25) is 5.82 Å². The number of anilines is 1. The van der Waals surface area contributed by atoms with E-state index in [-0.39, 0.29) is 11.4 Å². The van der Waals surface area contributed by atoms with Gasteiger partial charge in [-0.1, -0.05) is 18.5 Å². The van der Waals surface area contributed by atoms with Gasteiger partial charge in [-0.25, -0.2) is 0 Å². The van der Waals surface area contributed by atoms with Gasteiger partial charge in [-0.15, -0.1) is 22.0 Å². The van der Waals surface area contributed by atoms with E-state index in [2.05, 4.69) is 32.9 Å². The number of thioether (sulfide) groups is 1. The SMILES string of the molecule is CCSc1ccc(Cl)cc1NC=C(C#N)c1nn[nH]n1. The summed E-state index contributed by atoms with van der Waals surface area (Å²) in [6, 6.07) is 7.59. The number of nitrogens with zero attached hydrogens (tertiary/aromatic N) is 4. The second-order valence-electron chi connectivity index (χ2n) is 3.62. The van der Waals surface area contributed by atoms with Crippen LogP contribution in [0.1, 0.15) is 12.7 Å². The number of nitrogens with one attached hydrogen (secondary N) is 2. The Bertz CT molecular complexity index is 646. The standard InChI is InChI=1S/C12H11ClN6S/c1-2-20-11-4-3-9(13)5-10(11)15-7-8(6-14)12-16-18-19-17-12/h3-5,7,15H,2H2,1H3,(H,16,17,18,19). The molecule has 6 nitrogen and oxygen atoms in total. The van der Waals surface area contributed by atoms with Crippen LogP contribution in [0.5, 0.6) is 0 Å². The van der Waals surface area contributed by atoms with Crippen molar-refractivity contribution in [1.82, 2.24) is 20.6 Å². The van der Waals surface area contributed by atoms with E-state index in [1.807, 2.05) is 18.2 Å². The molecule has 0 unspecified atom stereocenters. The molecule has 0 saturated carbocycles. The van der Waals surface area contributed by atoms with Crippen molar-refractivity contribution in [3.8, 4) is 6.07 Å². The monoisotopic (exact) mass is 306 g/mol. The van der Waals surface area contributed by atoms with Crippen molar-refractivity contribution in [3.63, 3.8) is 0 Å². The first-order valence-electron chi connectivity index (χ1n) is 5.77. The Hall–Kier alpha value is -2.04. The largest absolute Gasteiger partial charge is 0.359 e. The molecule has 2 aromatic rings. The molecule has 0 radical (unpaired) electrons. The van der Waals surface area contributed by atoms with Crippen LogP contribution in [-0.4, -0.2) is 26.4 Å². The van der Waals surface area contributed by atoms with Gasteiger partial charge >= 0.3 is 0 Å². The lowest BCUT2D eigenvalue weighted by molar-refractivity contribution is 0.881. The fourth-order valence-corrected chi connectivity index (χ4v) is 2.39. The quantitative estimate of drug-likeness (QED) is 0.652. The third-order valence-electron chi connectivity index (χ3n) is 2.32. The molecule has 0 aliphatic heterocycles. The molecular weight excluding hydrogens is 296 g/mol. The van der Waals surface area contributed by atoms with Crippen LogP contribution in [0.15, 0.2) is 29.3 Å². The van der Waals surface area contributed by atoms with Crippen LogP contribution in [-0.2, 0) is 0 Å². The third kappa shape index (κ3) is 3.50. The minimum atomic E-state index is 0.242. The Morgan fingerprint density at radius 3 is 3.10 bits per heavy atom. The van der Waals surface area contributed by atoms with E-state index in [9.17, 15) is 0 Å². The van der Waals surface area contributed by atoms with Gasteiger partial charge in [-0.2, -0.15) is 10.5 Å². The second kappa shape index (κ2) is 6.93. The maximum absolute atomic E-state index is 9.09. The van der Waals surface area contributed by atoms with Gasteiger partial charge in [0.15, 0.2) is 0 Å². The first kappa shape index (κ1) is 14.4. The minimum absolute atomic E-state index is 0.242. The lowest BCUT2D eigenvalue weighted by Crippen LogP contribution is -1.94. The fraction of sp³-hybridized carbons (Fsp3) is 0.167. The summed E-state index contributed by atoms with van der Waals surface area (Å²) in [4.78, 5) is 1.05. The highest BCUT2D eigenvalue weighted by Gasteiger charge is 2.07. The zero-order valence-electron chi connectivity index (χ0n) is 10.6. The number of aromatic amines is 1. The highest BCUT2D eigenvalue weighted by molar-refractivity contribution is 7.99. The third-order valence-corrected chi connectivity index (χ3v) is 3.51. The van der Waals surface area contributed by atoms with Crippen molar-refractivity contribution < 1.29 is 0 Å². The van der Waals surface area contributed by atoms with E-state index < -0.39 is 0 Å². The maximum atomic E-state index is 9.09. The number of hydrogen-bond acceptors (Lipinski definition) is 6. The first-order valence-corrected chi connectivity index (χ1v) is 7.14. The van der Waals surface area contributed by atoms with Crippen LogP contribution in [0, 0.1) is 11.3 Å². The lowest BCUT2D eigenvalue weighted by atomic mass is 10.3. The summed E-state index contributed by atoms with van der Waals surface area (Å²) in [6.07, 6.45) is 1.54. The molecule has 1 aromatic heterocycles. The number of tetrazole rings is 1. The number of hydrogen-bond donors (Lipinski definition) is 2. The van der Waals surface area contributed by atoms with E-state index in [4.69, 9.17) is 16.9 Å². The van der Waals surface area contributed by atoms with Crippen molar-refractivity contribution in [2.75, 3.05) is 11.1 Å². The van der Waals surface area contributed by atoms with Gasteiger partial charge in [-0.3, -0.25) is 0 Å². The molecule has 0 amide bonds. The summed E-state index contributed by atoms with van der Waals surface area (Å²) in [7, 11) is 0. The van der Waals surface area contributed by atoms with Crippen molar-refractivity contribution >= 4 is 34.6 Å². The van der Waals surface area contributed by atoms with Crippen LogP contribution in [0.3, 0.4) is 0 Å². The summed E-state index contributed by atoms with van der Waals surface area (Å²) < 4.78 is 0. The highest BCUT2D eigenvalue weighted by atomic mass is 35.5. The molecule has 0 aliphatic rings. The predicted octanol–water partition coefficient (Wildman–Crippen LogP) is 2.94. The average Bonchev–Trinajstić information content (AvgIpc) is 2.96. The summed E-state index contributed by atoms with van der Waals surface area (Å²) in [5, 5.41) is 26.1. The van der Waals surface area contributed by atoms with E-state index in [0.717, 1.165) is 16.3 Å². The average molecular weight is 307 g/mol. The van der Waals surface area contributed by atoms with Gasteiger partial charge in [-0.05, 0) is 29.2 Å². The van der Waals surface area contributed by atoms with Gasteiger partial charge in [0.05, 0.1) is 5.69 Å². The van der Waals surface area contributed by atoms with Crippen molar-refractivity contribution in [2.24, 2.45) is 0 Å². The maximum Gasteiger partial charge on any atom is 0.216 e. The zero-order valence-corrected chi connectivity index (χ0v) is 12.2. The smallest absolute Gasteiger partial charge is 0.216 e. The molecule has 0 saturated heterocycles. The Kier molecular flexibility index (Phi) is 4.98. The Labute approximate surface area is 125 Å². The predicted molar refractivity (Wildman–Crippen MR) is 79.2 cm³/mol. The molecule has 0 atom stereocenters. The zero-order chi connectivity index (χ0) is 14.4. The van der Waals surface area contributed by atoms with Crippen LogP contribution in [0.4, 0.5) is 5.69 Å². The number of rotatable bonds is 5. The summed E-state index contributed by atoms with van der Waals surface area (Å²) in [5.41, 5.74) is 1.12. The topological polar surface area (TPSA) is 90.3 Å². The van der Waals surface area contributed by atoms with Crippen molar-refractivity contribution in [2.45, 2.75) is 11.8 Å². The molecule has 8 heteroatoms. The fourth-order valence-electron chi connectivity index (χ4n) is 1.47. The first-order chi connectivity index (χ1) is 9.74. The van der Waals surface area contributed by atoms with E-state index in [1.54, 1.807) is 17.8 Å². The van der Waals surface area contributed by atoms with E-state index >= 15 is 0 Å². The summed E-state index contributed by atoms with van der Waals surface area (Å²) in [5.74, 6) is 1.18. The molecular formula is C12H11ClN6S. The minimum Gasteiger partial charge on any atom is -0.359 e. The number of allylic oxidation sites excluding steroid dienone is 1.